The van der Waals surface area contributed by atoms with Gasteiger partial charge >= 0.3 is 0 Å². The van der Waals surface area contributed by atoms with Crippen LogP contribution < -0.4 is 5.32 Å². The van der Waals surface area contributed by atoms with E-state index >= 15 is 0 Å². The van der Waals surface area contributed by atoms with Crippen LogP contribution in [0.25, 0.3) is 11.0 Å². The van der Waals surface area contributed by atoms with E-state index in [4.69, 9.17) is 5.26 Å². The molecule has 0 bridgehead atoms. The van der Waals surface area contributed by atoms with Crippen LogP contribution in [0, 0.1) is 11.3 Å². The highest BCUT2D eigenvalue weighted by atomic mass is 32.2. The minimum absolute atomic E-state index is 0.0445. The van der Waals surface area contributed by atoms with Crippen molar-refractivity contribution in [1.82, 2.24) is 19.3 Å². The van der Waals surface area contributed by atoms with Crippen molar-refractivity contribution in [2.75, 3.05) is 18.4 Å². The predicted octanol–water partition coefficient (Wildman–Crippen LogP) is 1.70. The Balaban J connectivity index is 1.53. The van der Waals surface area contributed by atoms with Gasteiger partial charge in [0.05, 0.1) is 21.9 Å². The van der Waals surface area contributed by atoms with Crippen molar-refractivity contribution in [3.63, 3.8) is 0 Å². The number of aromatic amines is 1. The van der Waals surface area contributed by atoms with Gasteiger partial charge < -0.3 is 10.3 Å². The fourth-order valence-corrected chi connectivity index (χ4v) is 4.67. The quantitative estimate of drug-likeness (QED) is 0.724. The fraction of sp³-hybridized carbons (Fsp3) is 0.235. The van der Waals surface area contributed by atoms with Crippen LogP contribution in [0.15, 0.2) is 47.8 Å². The van der Waals surface area contributed by atoms with E-state index in [0.717, 1.165) is 11.0 Å². The number of nitrogens with zero attached hydrogens (tertiary/aromatic N) is 4. The summed E-state index contributed by atoms with van der Waals surface area (Å²) in [6.07, 6.45) is 3.93. The first kappa shape index (κ1) is 16.5. The summed E-state index contributed by atoms with van der Waals surface area (Å²) in [5, 5.41) is 13.2. The third kappa shape index (κ3) is 2.89. The third-order valence-corrected chi connectivity index (χ3v) is 6.31. The number of hydrogen-bond donors (Lipinski definition) is 2. The first-order chi connectivity index (χ1) is 12.6. The first-order valence-electron chi connectivity index (χ1n) is 8.13. The van der Waals surface area contributed by atoms with Crippen molar-refractivity contribution in [3.8, 4) is 6.07 Å². The van der Waals surface area contributed by atoms with Crippen molar-refractivity contribution in [2.24, 2.45) is 0 Å². The lowest BCUT2D eigenvalue weighted by Crippen LogP contribution is -2.31. The molecule has 0 unspecified atom stereocenters. The number of rotatable bonds is 4. The number of sulfonamides is 1. The van der Waals surface area contributed by atoms with E-state index in [1.807, 2.05) is 12.1 Å². The number of nitrogens with one attached hydrogen (secondary N) is 2. The average molecular weight is 368 g/mol. The summed E-state index contributed by atoms with van der Waals surface area (Å²) in [6, 6.07) is 9.91. The van der Waals surface area contributed by atoms with Gasteiger partial charge in [-0.25, -0.2) is 18.4 Å². The molecule has 1 atom stereocenters. The van der Waals surface area contributed by atoms with Crippen molar-refractivity contribution in [3.05, 3.63) is 48.4 Å². The maximum absolute atomic E-state index is 12.8. The van der Waals surface area contributed by atoms with Crippen LogP contribution >= 0.6 is 0 Å². The number of hydrogen-bond acceptors (Lipinski definition) is 6. The molecule has 1 aliphatic rings. The molecule has 3 heterocycles. The minimum atomic E-state index is -3.62. The summed E-state index contributed by atoms with van der Waals surface area (Å²) in [4.78, 5) is 11.6. The highest BCUT2D eigenvalue weighted by Gasteiger charge is 2.33. The van der Waals surface area contributed by atoms with Gasteiger partial charge in [0.15, 0.2) is 0 Å². The number of nitriles is 1. The number of H-pyrrole nitrogens is 1. The van der Waals surface area contributed by atoms with Gasteiger partial charge in [0.1, 0.15) is 17.8 Å². The van der Waals surface area contributed by atoms with Gasteiger partial charge in [-0.2, -0.15) is 9.57 Å². The molecule has 0 spiro atoms. The predicted molar refractivity (Wildman–Crippen MR) is 95.8 cm³/mol. The molecule has 8 nitrogen and oxygen atoms in total. The Kier molecular flexibility index (Phi) is 4.06. The molecule has 0 aliphatic carbocycles. The molecule has 1 saturated heterocycles. The van der Waals surface area contributed by atoms with Crippen molar-refractivity contribution >= 4 is 26.9 Å². The molecule has 2 aromatic heterocycles. The smallest absolute Gasteiger partial charge is 0.243 e. The van der Waals surface area contributed by atoms with Crippen LogP contribution in [0.3, 0.4) is 0 Å². The molecule has 2 N–H and O–H groups in total. The molecule has 1 aromatic carbocycles. The van der Waals surface area contributed by atoms with Crippen LogP contribution in [-0.4, -0.2) is 46.8 Å². The Morgan fingerprint density at radius 1 is 1.31 bits per heavy atom. The van der Waals surface area contributed by atoms with Crippen LogP contribution in [0.2, 0.25) is 0 Å². The standard InChI is InChI=1S/C17H16N6O2S/c18-9-12-2-1-3-14(8-12)26(24,25)23-7-5-13(10-23)22-17-15-4-6-19-16(15)20-11-21-17/h1-4,6,8,11,13H,5,7,10H2,(H2,19,20,21,22)/t13-/m1/s1. The van der Waals surface area contributed by atoms with Crippen LogP contribution in [0.5, 0.6) is 0 Å². The molecule has 9 heteroatoms. The molecule has 0 amide bonds. The normalized spacial score (nSPS) is 18.0. The Bertz CT molecular complexity index is 1100. The second kappa shape index (κ2) is 6.40. The Hall–Kier alpha value is -2.96. The van der Waals surface area contributed by atoms with Gasteiger partial charge in [-0.1, -0.05) is 6.07 Å². The van der Waals surface area contributed by atoms with Crippen LogP contribution in [0.4, 0.5) is 5.82 Å². The molecule has 26 heavy (non-hydrogen) atoms. The molecule has 0 radical (unpaired) electrons. The molecular weight excluding hydrogens is 352 g/mol. The van der Waals surface area contributed by atoms with Gasteiger partial charge in [0, 0.05) is 25.3 Å². The molecule has 0 saturated carbocycles. The summed E-state index contributed by atoms with van der Waals surface area (Å²) in [7, 11) is -3.62. The van der Waals surface area contributed by atoms with Crippen LogP contribution in [-0.2, 0) is 10.0 Å². The Morgan fingerprint density at radius 3 is 3.04 bits per heavy atom. The minimum Gasteiger partial charge on any atom is -0.365 e. The number of anilines is 1. The zero-order valence-corrected chi connectivity index (χ0v) is 14.6. The van der Waals surface area contributed by atoms with Gasteiger partial charge in [0.2, 0.25) is 10.0 Å². The van der Waals surface area contributed by atoms with E-state index in [1.165, 1.54) is 22.8 Å². The average Bonchev–Trinajstić information content (AvgIpc) is 3.32. The number of fused-ring (bicyclic) bond motifs is 1. The first-order valence-corrected chi connectivity index (χ1v) is 9.57. The van der Waals surface area contributed by atoms with Gasteiger partial charge in [-0.05, 0) is 30.7 Å². The van der Waals surface area contributed by atoms with Crippen molar-refractivity contribution in [1.29, 1.82) is 5.26 Å². The van der Waals surface area contributed by atoms with Crippen molar-refractivity contribution < 1.29 is 8.42 Å². The van der Waals surface area contributed by atoms with Gasteiger partial charge in [-0.15, -0.1) is 0 Å². The van der Waals surface area contributed by atoms with Gasteiger partial charge in [-0.3, -0.25) is 0 Å². The topological polar surface area (TPSA) is 115 Å². The lowest BCUT2D eigenvalue weighted by atomic mass is 10.2. The number of benzene rings is 1. The largest absolute Gasteiger partial charge is 0.365 e. The van der Waals surface area contributed by atoms with E-state index in [9.17, 15) is 8.42 Å². The molecule has 4 rings (SSSR count). The molecule has 132 valence electrons. The fourth-order valence-electron chi connectivity index (χ4n) is 3.12. The van der Waals surface area contributed by atoms with Crippen LogP contribution in [0.1, 0.15) is 12.0 Å². The monoisotopic (exact) mass is 368 g/mol. The highest BCUT2D eigenvalue weighted by molar-refractivity contribution is 7.89. The molecule has 3 aromatic rings. The van der Waals surface area contributed by atoms with E-state index < -0.39 is 10.0 Å². The van der Waals surface area contributed by atoms with Crippen molar-refractivity contribution in [2.45, 2.75) is 17.4 Å². The maximum atomic E-state index is 12.8. The SMILES string of the molecule is N#Cc1cccc(S(=O)(=O)N2CC[C@@H](Nc3ncnc4[nH]ccc34)C2)c1. The summed E-state index contributed by atoms with van der Waals surface area (Å²) in [6.45, 7) is 0.757. The molecule has 1 aliphatic heterocycles. The van der Waals surface area contributed by atoms with E-state index in [0.29, 0.717) is 30.9 Å². The molecular formula is C17H16N6O2S. The van der Waals surface area contributed by atoms with Gasteiger partial charge in [0.25, 0.3) is 0 Å². The summed E-state index contributed by atoms with van der Waals surface area (Å²) < 4.78 is 27.1. The Labute approximate surface area is 150 Å². The zero-order valence-electron chi connectivity index (χ0n) is 13.8. The highest BCUT2D eigenvalue weighted by Crippen LogP contribution is 2.25. The third-order valence-electron chi connectivity index (χ3n) is 4.45. The zero-order chi connectivity index (χ0) is 18.1. The molecule has 1 fully saturated rings. The van der Waals surface area contributed by atoms with E-state index in [2.05, 4.69) is 20.3 Å². The second-order valence-corrected chi connectivity index (χ2v) is 8.03. The Morgan fingerprint density at radius 2 is 2.19 bits per heavy atom. The number of aromatic nitrogens is 3. The summed E-state index contributed by atoms with van der Waals surface area (Å²) >= 11 is 0. The lowest BCUT2D eigenvalue weighted by Gasteiger charge is -2.17. The summed E-state index contributed by atoms with van der Waals surface area (Å²) in [5.41, 5.74) is 1.06. The maximum Gasteiger partial charge on any atom is 0.243 e. The summed E-state index contributed by atoms with van der Waals surface area (Å²) in [5.74, 6) is 0.687. The van der Waals surface area contributed by atoms with E-state index in [-0.39, 0.29) is 10.9 Å². The van der Waals surface area contributed by atoms with E-state index in [1.54, 1.807) is 18.3 Å². The second-order valence-electron chi connectivity index (χ2n) is 6.09. The lowest BCUT2D eigenvalue weighted by molar-refractivity contribution is 0.474.